The van der Waals surface area contributed by atoms with Crippen molar-refractivity contribution in [2.24, 2.45) is 21.6 Å². The van der Waals surface area contributed by atoms with Crippen LogP contribution in [-0.2, 0) is 19.9 Å². The van der Waals surface area contributed by atoms with Crippen molar-refractivity contribution >= 4 is 41.0 Å². The van der Waals surface area contributed by atoms with Gasteiger partial charge in [-0.05, 0) is 73.8 Å². The number of halogens is 6. The molecular weight excluding hydrogens is 763 g/mol. The number of carbonyl (C=O) groups excluding carboxylic acids is 2. The van der Waals surface area contributed by atoms with Gasteiger partial charge in [0.2, 0.25) is 0 Å². The first-order valence-corrected chi connectivity index (χ1v) is 18.6. The Balaban J connectivity index is 1.28. The van der Waals surface area contributed by atoms with Gasteiger partial charge in [-0.2, -0.15) is 10.2 Å². The highest BCUT2D eigenvalue weighted by molar-refractivity contribution is 6.32. The maximum atomic E-state index is 15.1. The zero-order valence-corrected chi connectivity index (χ0v) is 32.1. The Morgan fingerprint density at radius 2 is 1.76 bits per heavy atom. The van der Waals surface area contributed by atoms with Crippen molar-refractivity contribution < 1.29 is 31.9 Å². The number of nitrogens with zero attached hydrogens (tertiary/aromatic N) is 7. The molecule has 7 rings (SSSR count). The predicted molar refractivity (Wildman–Crippen MR) is 197 cm³/mol. The molecule has 2 aromatic carbocycles. The highest BCUT2D eigenvalue weighted by Crippen LogP contribution is 2.59. The molecule has 2 aromatic heterocycles. The standard InChI is InChI=1S/C38H40Cl2F4N8O3/c1-35(2,3)19-38(25-9-5-21(13-27(25)40)23-16-47-50(17-23)24-7-8-24)33(54)51(34(45)49-38)29(18-55-30(53)15-37(11-12-37)36(4,43)44)22-6-10-26(39)28(14-22)52-32(31(41)42)46-20-48-52/h5-6,9-10,13-14,16-17,20,24,29,31H,7-8,11-12,15,18-19H2,1-4H3,(H2,45,49)/t29-,38-/m1/s1. The first-order chi connectivity index (χ1) is 25.8. The summed E-state index contributed by atoms with van der Waals surface area (Å²) in [6.07, 6.45) is 3.71. The second-order valence-corrected chi connectivity index (χ2v) is 16.8. The number of hydrogen-bond acceptors (Lipinski definition) is 8. The number of aliphatic imine (C=N–C) groups is 1. The molecule has 1 aliphatic heterocycles. The van der Waals surface area contributed by atoms with Crippen molar-refractivity contribution in [1.29, 1.82) is 0 Å². The zero-order valence-electron chi connectivity index (χ0n) is 30.6. The fourth-order valence-corrected chi connectivity index (χ4v) is 7.87. The van der Waals surface area contributed by atoms with Gasteiger partial charge in [-0.15, -0.1) is 0 Å². The number of esters is 1. The zero-order chi connectivity index (χ0) is 39.7. The van der Waals surface area contributed by atoms with Crippen LogP contribution in [0.3, 0.4) is 0 Å². The molecule has 2 fully saturated rings. The third-order valence-corrected chi connectivity index (χ3v) is 11.1. The Labute approximate surface area is 324 Å². The van der Waals surface area contributed by atoms with Gasteiger partial charge in [0.1, 0.15) is 12.9 Å². The van der Waals surface area contributed by atoms with Crippen LogP contribution >= 0.6 is 23.2 Å². The summed E-state index contributed by atoms with van der Waals surface area (Å²) in [6.45, 7) is 6.04. The molecule has 3 heterocycles. The molecule has 0 bridgehead atoms. The first-order valence-electron chi connectivity index (χ1n) is 17.9. The monoisotopic (exact) mass is 802 g/mol. The van der Waals surface area contributed by atoms with Crippen LogP contribution in [0.5, 0.6) is 0 Å². The average molecular weight is 804 g/mol. The van der Waals surface area contributed by atoms with Crippen LogP contribution in [0.25, 0.3) is 16.8 Å². The van der Waals surface area contributed by atoms with E-state index in [2.05, 4.69) is 15.2 Å². The van der Waals surface area contributed by atoms with Gasteiger partial charge in [-0.25, -0.2) is 32.2 Å². The highest BCUT2D eigenvalue weighted by atomic mass is 35.5. The molecule has 4 aromatic rings. The average Bonchev–Trinajstić information content (AvgIpc) is 3.97. The predicted octanol–water partition coefficient (Wildman–Crippen LogP) is 8.61. The smallest absolute Gasteiger partial charge is 0.306 e. The van der Waals surface area contributed by atoms with Gasteiger partial charge in [0.15, 0.2) is 17.3 Å². The molecule has 292 valence electrons. The number of guanidine groups is 1. The summed E-state index contributed by atoms with van der Waals surface area (Å²) in [5.41, 5.74) is 5.24. The summed E-state index contributed by atoms with van der Waals surface area (Å²) in [5.74, 6) is -5.52. The molecule has 11 nitrogen and oxygen atoms in total. The third-order valence-electron chi connectivity index (χ3n) is 10.5. The SMILES string of the molecule is CC(C)(C)C[C@]1(c2ccc(-c3cnn(C4CC4)c3)cc2Cl)N=C(N)N([C@H](COC(=O)CC2(C(C)(F)F)CC2)c2ccc(Cl)c(-n3ncnc3C(F)F)c2)C1=O. The Morgan fingerprint density at radius 3 is 2.38 bits per heavy atom. The van der Waals surface area contributed by atoms with Gasteiger partial charge in [0, 0.05) is 27.8 Å². The third kappa shape index (κ3) is 7.44. The van der Waals surface area contributed by atoms with Crippen LogP contribution in [0.2, 0.25) is 10.0 Å². The van der Waals surface area contributed by atoms with Crippen LogP contribution in [0, 0.1) is 10.8 Å². The van der Waals surface area contributed by atoms with Crippen molar-refractivity contribution in [1.82, 2.24) is 29.4 Å². The Morgan fingerprint density at radius 1 is 1.04 bits per heavy atom. The quantitative estimate of drug-likeness (QED) is 0.106. The van der Waals surface area contributed by atoms with Gasteiger partial charge in [0.05, 0.1) is 35.4 Å². The van der Waals surface area contributed by atoms with Crippen molar-refractivity contribution in [2.45, 2.75) is 96.2 Å². The summed E-state index contributed by atoms with van der Waals surface area (Å²) >= 11 is 13.5. The summed E-state index contributed by atoms with van der Waals surface area (Å²) in [5, 5.41) is 8.69. The van der Waals surface area contributed by atoms with Gasteiger partial charge in [-0.1, -0.05) is 62.2 Å². The lowest BCUT2D eigenvalue weighted by Crippen LogP contribution is -2.47. The highest BCUT2D eigenvalue weighted by Gasteiger charge is 2.60. The van der Waals surface area contributed by atoms with Gasteiger partial charge < -0.3 is 10.5 Å². The summed E-state index contributed by atoms with van der Waals surface area (Å²) < 4.78 is 65.1. The van der Waals surface area contributed by atoms with E-state index < -0.39 is 65.5 Å². The minimum atomic E-state index is -3.11. The van der Waals surface area contributed by atoms with Crippen LogP contribution in [0.15, 0.2) is 60.1 Å². The summed E-state index contributed by atoms with van der Waals surface area (Å²) in [7, 11) is 0. The number of amides is 1. The molecule has 0 spiro atoms. The Bertz CT molecular complexity index is 2170. The molecule has 1 amide bonds. The van der Waals surface area contributed by atoms with Gasteiger partial charge in [-0.3, -0.25) is 19.2 Å². The number of nitrogens with two attached hydrogens (primary N) is 1. The van der Waals surface area contributed by atoms with Crippen molar-refractivity contribution in [2.75, 3.05) is 6.61 Å². The molecule has 0 radical (unpaired) electrons. The first kappa shape index (κ1) is 38.8. The number of rotatable bonds is 13. The number of benzene rings is 2. The van der Waals surface area contributed by atoms with E-state index >= 15 is 4.79 Å². The van der Waals surface area contributed by atoms with E-state index in [1.54, 1.807) is 18.3 Å². The maximum Gasteiger partial charge on any atom is 0.306 e. The molecule has 17 heteroatoms. The second-order valence-electron chi connectivity index (χ2n) is 16.0. The molecule has 2 saturated carbocycles. The molecule has 3 aliphatic rings. The van der Waals surface area contributed by atoms with Gasteiger partial charge in [0.25, 0.3) is 18.3 Å². The molecule has 2 N–H and O–H groups in total. The minimum Gasteiger partial charge on any atom is -0.463 e. The number of aromatic nitrogens is 5. The maximum absolute atomic E-state index is 15.1. The van der Waals surface area contributed by atoms with Crippen LogP contribution in [0.1, 0.15) is 102 Å². The summed E-state index contributed by atoms with van der Waals surface area (Å²) in [4.78, 5) is 38.0. The topological polar surface area (TPSA) is 134 Å². The number of hydrogen-bond donors (Lipinski definition) is 1. The minimum absolute atomic E-state index is 0.00222. The Hall–Kier alpha value is -4.50. The van der Waals surface area contributed by atoms with Crippen molar-refractivity contribution in [3.8, 4) is 16.8 Å². The molecule has 2 atom stereocenters. The van der Waals surface area contributed by atoms with E-state index in [1.807, 2.05) is 37.7 Å². The van der Waals surface area contributed by atoms with Crippen molar-refractivity contribution in [3.05, 3.63) is 82.1 Å². The van der Waals surface area contributed by atoms with Crippen LogP contribution in [-0.4, -0.2) is 59.8 Å². The molecule has 2 aliphatic carbocycles. The second kappa shape index (κ2) is 13.9. The van der Waals surface area contributed by atoms with E-state index in [9.17, 15) is 22.4 Å². The van der Waals surface area contributed by atoms with E-state index in [4.69, 9.17) is 38.7 Å². The normalized spacial score (nSPS) is 20.2. The molecular formula is C38H40Cl2F4N8O3. The lowest BCUT2D eigenvalue weighted by molar-refractivity contribution is -0.153. The molecule has 0 unspecified atom stereocenters. The lowest BCUT2D eigenvalue weighted by atomic mass is 9.75. The Kier molecular flexibility index (Phi) is 9.80. The summed E-state index contributed by atoms with van der Waals surface area (Å²) in [6, 6.07) is 8.80. The largest absolute Gasteiger partial charge is 0.463 e. The van der Waals surface area contributed by atoms with E-state index in [0.717, 1.165) is 41.9 Å². The number of carbonyl (C=O) groups is 2. The van der Waals surface area contributed by atoms with E-state index in [0.29, 0.717) is 11.6 Å². The lowest BCUT2D eigenvalue weighted by Gasteiger charge is -2.35. The number of alkyl halides is 4. The fourth-order valence-electron chi connectivity index (χ4n) is 7.34. The molecule has 0 saturated heterocycles. The van der Waals surface area contributed by atoms with Crippen molar-refractivity contribution in [3.63, 3.8) is 0 Å². The van der Waals surface area contributed by atoms with E-state index in [1.165, 1.54) is 23.1 Å². The fraction of sp³-hybridized carbons (Fsp3) is 0.474. The van der Waals surface area contributed by atoms with Gasteiger partial charge >= 0.3 is 5.97 Å². The van der Waals surface area contributed by atoms with E-state index in [-0.39, 0.29) is 46.5 Å². The van der Waals surface area contributed by atoms with Crippen LogP contribution in [0.4, 0.5) is 17.6 Å². The molecule has 55 heavy (non-hydrogen) atoms. The van der Waals surface area contributed by atoms with Crippen LogP contribution < -0.4 is 5.73 Å². The number of ether oxygens (including phenoxy) is 1.